The van der Waals surface area contributed by atoms with E-state index in [1.54, 1.807) is 0 Å². The van der Waals surface area contributed by atoms with Crippen LogP contribution in [0, 0.1) is 11.6 Å². The van der Waals surface area contributed by atoms with E-state index in [4.69, 9.17) is 4.42 Å². The van der Waals surface area contributed by atoms with E-state index in [1.165, 1.54) is 44.4 Å². The maximum absolute atomic E-state index is 13.7. The molecule has 25 heavy (non-hydrogen) atoms. The van der Waals surface area contributed by atoms with Gasteiger partial charge in [0.25, 0.3) is 5.22 Å². The molecule has 0 N–H and O–H groups in total. The lowest BCUT2D eigenvalue weighted by molar-refractivity contribution is 0.488. The molecule has 0 aliphatic carbocycles. The van der Waals surface area contributed by atoms with E-state index < -0.39 is 21.7 Å². The molecule has 0 saturated heterocycles. The first-order valence-corrected chi connectivity index (χ1v) is 9.60. The van der Waals surface area contributed by atoms with Gasteiger partial charge in [0.1, 0.15) is 5.52 Å². The maximum atomic E-state index is 13.7. The second kappa shape index (κ2) is 6.74. The van der Waals surface area contributed by atoms with Crippen molar-refractivity contribution in [2.24, 2.45) is 0 Å². The Morgan fingerprint density at radius 1 is 1.20 bits per heavy atom. The fourth-order valence-corrected chi connectivity index (χ4v) is 3.85. The van der Waals surface area contributed by atoms with Crippen LogP contribution < -0.4 is 0 Å². The number of oxazole rings is 1. The molecule has 0 radical (unpaired) electrons. The van der Waals surface area contributed by atoms with Crippen molar-refractivity contribution in [3.63, 3.8) is 0 Å². The van der Waals surface area contributed by atoms with Crippen LogP contribution in [0.4, 0.5) is 8.78 Å². The molecule has 0 unspecified atom stereocenters. The Hall–Kier alpha value is -1.97. The Morgan fingerprint density at radius 3 is 2.68 bits per heavy atom. The third-order valence-corrected chi connectivity index (χ3v) is 6.19. The highest BCUT2D eigenvalue weighted by Crippen LogP contribution is 2.29. The first kappa shape index (κ1) is 17.8. The second-order valence-electron chi connectivity index (χ2n) is 5.40. The van der Waals surface area contributed by atoms with Gasteiger partial charge in [-0.05, 0) is 24.3 Å². The summed E-state index contributed by atoms with van der Waals surface area (Å²) in [4.78, 5) is 4.31. The molecular weight excluding hydrogens is 370 g/mol. The van der Waals surface area contributed by atoms with Gasteiger partial charge in [0, 0.05) is 25.4 Å². The number of hydrogen-bond acceptors (Lipinski definition) is 5. The Kier molecular flexibility index (Phi) is 4.81. The molecule has 0 bridgehead atoms. The molecule has 9 heteroatoms. The van der Waals surface area contributed by atoms with Crippen LogP contribution in [-0.2, 0) is 15.8 Å². The number of halogens is 2. The molecule has 0 fully saturated rings. The Balaban J connectivity index is 1.85. The van der Waals surface area contributed by atoms with Crippen molar-refractivity contribution in [1.82, 2.24) is 9.29 Å². The van der Waals surface area contributed by atoms with Gasteiger partial charge >= 0.3 is 0 Å². The van der Waals surface area contributed by atoms with Crippen LogP contribution in [0.1, 0.15) is 5.56 Å². The maximum Gasteiger partial charge on any atom is 0.257 e. The molecule has 5 nitrogen and oxygen atoms in total. The van der Waals surface area contributed by atoms with Crippen molar-refractivity contribution in [2.75, 3.05) is 14.1 Å². The topological polar surface area (TPSA) is 63.4 Å². The van der Waals surface area contributed by atoms with Gasteiger partial charge in [0.05, 0.1) is 4.90 Å². The summed E-state index contributed by atoms with van der Waals surface area (Å²) in [5.41, 5.74) is 0.994. The van der Waals surface area contributed by atoms with Gasteiger partial charge in [-0.15, -0.1) is 0 Å². The zero-order valence-corrected chi connectivity index (χ0v) is 15.0. The van der Waals surface area contributed by atoms with Crippen LogP contribution in [0.25, 0.3) is 11.1 Å². The minimum atomic E-state index is -3.57. The molecule has 0 atom stereocenters. The monoisotopic (exact) mass is 384 g/mol. The number of hydrogen-bond donors (Lipinski definition) is 0. The molecule has 0 spiro atoms. The Labute approximate surface area is 147 Å². The lowest BCUT2D eigenvalue weighted by Gasteiger charge is -2.10. The summed E-state index contributed by atoms with van der Waals surface area (Å²) in [7, 11) is -0.688. The van der Waals surface area contributed by atoms with E-state index in [0.717, 1.165) is 22.1 Å². The predicted molar refractivity (Wildman–Crippen MR) is 90.8 cm³/mol. The summed E-state index contributed by atoms with van der Waals surface area (Å²) in [6.45, 7) is 0. The molecule has 3 aromatic rings. The average Bonchev–Trinajstić information content (AvgIpc) is 2.98. The predicted octanol–water partition coefficient (Wildman–Crippen LogP) is 3.65. The second-order valence-corrected chi connectivity index (χ2v) is 8.48. The summed E-state index contributed by atoms with van der Waals surface area (Å²) >= 11 is 1.10. The summed E-state index contributed by atoms with van der Waals surface area (Å²) in [5.74, 6) is -1.67. The van der Waals surface area contributed by atoms with E-state index in [-0.39, 0.29) is 21.4 Å². The van der Waals surface area contributed by atoms with Gasteiger partial charge < -0.3 is 4.42 Å². The van der Waals surface area contributed by atoms with E-state index in [1.807, 2.05) is 0 Å². The van der Waals surface area contributed by atoms with Crippen molar-refractivity contribution in [3.8, 4) is 0 Å². The fourth-order valence-electron chi connectivity index (χ4n) is 2.12. The molecule has 0 amide bonds. The van der Waals surface area contributed by atoms with Crippen LogP contribution in [-0.4, -0.2) is 31.8 Å². The highest BCUT2D eigenvalue weighted by molar-refractivity contribution is 7.98. The minimum absolute atomic E-state index is 0.103. The number of sulfonamides is 1. The fraction of sp³-hybridized carbons (Fsp3) is 0.188. The van der Waals surface area contributed by atoms with Crippen molar-refractivity contribution in [1.29, 1.82) is 0 Å². The molecule has 1 aromatic heterocycles. The Morgan fingerprint density at radius 2 is 1.96 bits per heavy atom. The van der Waals surface area contributed by atoms with Crippen LogP contribution in [0.5, 0.6) is 0 Å². The summed E-state index contributed by atoms with van der Waals surface area (Å²) in [6, 6.07) is 8.33. The number of aromatic nitrogens is 1. The number of rotatable bonds is 5. The third kappa shape index (κ3) is 3.53. The summed E-state index contributed by atoms with van der Waals surface area (Å²) in [6.07, 6.45) is 0. The standard InChI is InChI=1S/C16H14F2N2O3S2/c1-20(2)25(21,22)11-6-7-14-13(8-11)19-16(23-14)24-9-10-4-3-5-12(17)15(10)18/h3-8H,9H2,1-2H3. The lowest BCUT2D eigenvalue weighted by Crippen LogP contribution is -2.22. The molecule has 0 aliphatic heterocycles. The first-order valence-electron chi connectivity index (χ1n) is 7.18. The third-order valence-electron chi connectivity index (χ3n) is 3.50. The minimum Gasteiger partial charge on any atom is -0.431 e. The highest BCUT2D eigenvalue weighted by Gasteiger charge is 2.19. The van der Waals surface area contributed by atoms with Gasteiger partial charge in [-0.25, -0.2) is 26.5 Å². The molecule has 132 valence electrons. The van der Waals surface area contributed by atoms with Gasteiger partial charge in [-0.2, -0.15) is 0 Å². The first-order chi connectivity index (χ1) is 11.8. The quantitative estimate of drug-likeness (QED) is 0.629. The zero-order chi connectivity index (χ0) is 18.2. The highest BCUT2D eigenvalue weighted by atomic mass is 32.2. The lowest BCUT2D eigenvalue weighted by atomic mass is 10.2. The molecule has 3 rings (SSSR count). The van der Waals surface area contributed by atoms with Gasteiger partial charge in [0.2, 0.25) is 10.0 Å². The van der Waals surface area contributed by atoms with Gasteiger partial charge in [0.15, 0.2) is 17.2 Å². The number of nitrogens with zero attached hydrogens (tertiary/aromatic N) is 2. The average molecular weight is 384 g/mol. The van der Waals surface area contributed by atoms with Crippen LogP contribution >= 0.6 is 11.8 Å². The molecular formula is C16H14F2N2O3S2. The number of benzene rings is 2. The number of thioether (sulfide) groups is 1. The molecule has 0 aliphatic rings. The van der Waals surface area contributed by atoms with E-state index in [0.29, 0.717) is 11.1 Å². The zero-order valence-electron chi connectivity index (χ0n) is 13.4. The number of fused-ring (bicyclic) bond motifs is 1. The van der Waals surface area contributed by atoms with E-state index in [9.17, 15) is 17.2 Å². The van der Waals surface area contributed by atoms with E-state index in [2.05, 4.69) is 4.98 Å². The van der Waals surface area contributed by atoms with Crippen molar-refractivity contribution < 1.29 is 21.6 Å². The smallest absolute Gasteiger partial charge is 0.257 e. The SMILES string of the molecule is CN(C)S(=O)(=O)c1ccc2oc(SCc3cccc(F)c3F)nc2c1. The van der Waals surface area contributed by atoms with Crippen LogP contribution in [0.2, 0.25) is 0 Å². The molecule has 2 aromatic carbocycles. The normalized spacial score (nSPS) is 12.2. The Bertz CT molecular complexity index is 1030. The molecule has 0 saturated carbocycles. The summed E-state index contributed by atoms with van der Waals surface area (Å²) < 4.78 is 57.8. The van der Waals surface area contributed by atoms with Crippen molar-refractivity contribution >= 4 is 32.9 Å². The summed E-state index contributed by atoms with van der Waals surface area (Å²) in [5, 5.41) is 0.248. The van der Waals surface area contributed by atoms with Crippen LogP contribution in [0.15, 0.2) is 50.9 Å². The van der Waals surface area contributed by atoms with Crippen LogP contribution in [0.3, 0.4) is 0 Å². The van der Waals surface area contributed by atoms with Gasteiger partial charge in [-0.3, -0.25) is 0 Å². The van der Waals surface area contributed by atoms with Crippen molar-refractivity contribution in [3.05, 3.63) is 53.6 Å². The van der Waals surface area contributed by atoms with Gasteiger partial charge in [-0.1, -0.05) is 23.9 Å². The molecule has 1 heterocycles. The van der Waals surface area contributed by atoms with Crippen molar-refractivity contribution in [2.45, 2.75) is 15.9 Å². The largest absolute Gasteiger partial charge is 0.431 e. The van der Waals surface area contributed by atoms with E-state index >= 15 is 0 Å².